The first-order valence-electron chi connectivity index (χ1n) is 6.62. The summed E-state index contributed by atoms with van der Waals surface area (Å²) in [5, 5.41) is 4.48. The van der Waals surface area contributed by atoms with Gasteiger partial charge in [-0.2, -0.15) is 11.8 Å². The number of benzene rings is 2. The highest BCUT2D eigenvalue weighted by molar-refractivity contribution is 7.98. The van der Waals surface area contributed by atoms with Gasteiger partial charge in [0.25, 0.3) is 5.91 Å². The molecule has 1 amide bonds. The predicted octanol–water partition coefficient (Wildman–Crippen LogP) is 5.31. The molecule has 0 saturated carbocycles. The molecule has 0 fully saturated rings. The Morgan fingerprint density at radius 3 is 2.55 bits per heavy atom. The molecule has 2 aromatic rings. The topological polar surface area (TPSA) is 29.1 Å². The first-order chi connectivity index (χ1) is 10.6. The fourth-order valence-corrected chi connectivity index (χ4v) is 3.44. The van der Waals surface area contributed by atoms with Crippen molar-refractivity contribution in [3.05, 3.63) is 68.7 Å². The van der Waals surface area contributed by atoms with E-state index in [0.717, 1.165) is 22.1 Å². The first kappa shape index (κ1) is 17.5. The summed E-state index contributed by atoms with van der Waals surface area (Å²) in [6, 6.07) is 12.6. The van der Waals surface area contributed by atoms with Crippen molar-refractivity contribution in [1.29, 1.82) is 0 Å². The number of carbonyl (C=O) groups is 1. The van der Waals surface area contributed by atoms with Gasteiger partial charge in [-0.3, -0.25) is 4.79 Å². The average molecular weight is 375 g/mol. The Labute approximate surface area is 149 Å². The minimum absolute atomic E-state index is 0.194. The van der Waals surface area contributed by atoms with Gasteiger partial charge in [-0.1, -0.05) is 53.0 Å². The summed E-state index contributed by atoms with van der Waals surface area (Å²) in [6.45, 7) is 0.562. The van der Waals surface area contributed by atoms with Crippen LogP contribution in [0.2, 0.25) is 15.1 Å². The summed E-state index contributed by atoms with van der Waals surface area (Å²) >= 11 is 19.6. The van der Waals surface area contributed by atoms with Crippen LogP contribution in [-0.4, -0.2) is 18.2 Å². The summed E-state index contributed by atoms with van der Waals surface area (Å²) in [4.78, 5) is 12.0. The number of hydrogen-bond donors (Lipinski definition) is 1. The summed E-state index contributed by atoms with van der Waals surface area (Å²) in [5.41, 5.74) is 1.53. The van der Waals surface area contributed by atoms with Crippen LogP contribution >= 0.6 is 46.6 Å². The lowest BCUT2D eigenvalue weighted by molar-refractivity contribution is 0.0956. The molecule has 6 heteroatoms. The second-order valence-corrected chi connectivity index (χ2v) is 6.88. The van der Waals surface area contributed by atoms with Crippen LogP contribution in [0.4, 0.5) is 0 Å². The van der Waals surface area contributed by atoms with Gasteiger partial charge in [0, 0.05) is 28.1 Å². The second kappa shape index (κ2) is 8.68. The lowest BCUT2D eigenvalue weighted by atomic mass is 10.2. The number of thioether (sulfide) groups is 1. The van der Waals surface area contributed by atoms with Crippen LogP contribution in [0.15, 0.2) is 42.5 Å². The highest BCUT2D eigenvalue weighted by Gasteiger charge is 2.09. The van der Waals surface area contributed by atoms with Crippen LogP contribution in [0, 0.1) is 0 Å². The van der Waals surface area contributed by atoms with Crippen LogP contribution in [0.25, 0.3) is 0 Å². The van der Waals surface area contributed by atoms with Gasteiger partial charge in [-0.15, -0.1) is 0 Å². The van der Waals surface area contributed by atoms with Crippen molar-refractivity contribution in [3.8, 4) is 0 Å². The van der Waals surface area contributed by atoms with E-state index in [0.29, 0.717) is 22.2 Å². The van der Waals surface area contributed by atoms with E-state index in [4.69, 9.17) is 34.8 Å². The Balaban J connectivity index is 1.75. The lowest BCUT2D eigenvalue weighted by Gasteiger charge is -2.07. The molecule has 116 valence electrons. The zero-order valence-corrected chi connectivity index (χ0v) is 14.7. The Kier molecular flexibility index (Phi) is 6.90. The standard InChI is InChI=1S/C16H14Cl3NOS/c17-12-5-6-13(15(19)9-12)16(21)20-7-8-22-10-11-3-1-2-4-14(11)18/h1-6,9H,7-8,10H2,(H,20,21). The minimum Gasteiger partial charge on any atom is -0.351 e. The summed E-state index contributed by atoms with van der Waals surface area (Å²) in [5.74, 6) is 1.42. The third-order valence-corrected chi connectivity index (χ3v) is 4.85. The van der Waals surface area contributed by atoms with Crippen LogP contribution < -0.4 is 5.32 Å². The normalized spacial score (nSPS) is 10.5. The van der Waals surface area contributed by atoms with Gasteiger partial charge in [0.2, 0.25) is 0 Å². The van der Waals surface area contributed by atoms with Gasteiger partial charge in [0.15, 0.2) is 0 Å². The Hall–Kier alpha value is -0.870. The van der Waals surface area contributed by atoms with Gasteiger partial charge in [-0.05, 0) is 29.8 Å². The average Bonchev–Trinajstić information content (AvgIpc) is 2.48. The van der Waals surface area contributed by atoms with E-state index in [2.05, 4.69) is 5.32 Å². The van der Waals surface area contributed by atoms with E-state index in [1.807, 2.05) is 24.3 Å². The molecule has 0 atom stereocenters. The van der Waals surface area contributed by atoms with E-state index < -0.39 is 0 Å². The maximum absolute atomic E-state index is 12.0. The van der Waals surface area contributed by atoms with Crippen molar-refractivity contribution < 1.29 is 4.79 Å². The minimum atomic E-state index is -0.194. The molecule has 2 nitrogen and oxygen atoms in total. The third kappa shape index (κ3) is 5.10. The number of carbonyl (C=O) groups excluding carboxylic acids is 1. The van der Waals surface area contributed by atoms with Gasteiger partial charge in [0.05, 0.1) is 10.6 Å². The summed E-state index contributed by atoms with van der Waals surface area (Å²) in [6.07, 6.45) is 0. The molecule has 0 spiro atoms. The number of nitrogens with one attached hydrogen (secondary N) is 1. The molecule has 0 radical (unpaired) electrons. The van der Waals surface area contributed by atoms with Crippen molar-refractivity contribution in [2.45, 2.75) is 5.75 Å². The maximum atomic E-state index is 12.0. The molecule has 0 aliphatic heterocycles. The first-order valence-corrected chi connectivity index (χ1v) is 8.91. The Morgan fingerprint density at radius 1 is 1.05 bits per heavy atom. The maximum Gasteiger partial charge on any atom is 0.252 e. The molecule has 22 heavy (non-hydrogen) atoms. The molecule has 2 aromatic carbocycles. The molecule has 0 bridgehead atoms. The number of hydrogen-bond acceptors (Lipinski definition) is 2. The number of halogens is 3. The Bertz CT molecular complexity index is 664. The molecule has 0 saturated heterocycles. The van der Waals surface area contributed by atoms with Gasteiger partial charge >= 0.3 is 0 Å². The largest absolute Gasteiger partial charge is 0.351 e. The SMILES string of the molecule is O=C(NCCSCc1ccccc1Cl)c1ccc(Cl)cc1Cl. The zero-order chi connectivity index (χ0) is 15.9. The molecule has 0 aliphatic carbocycles. The van der Waals surface area contributed by atoms with Crippen molar-refractivity contribution >= 4 is 52.5 Å². The molecule has 2 rings (SSSR count). The fourth-order valence-electron chi connectivity index (χ4n) is 1.80. The van der Waals surface area contributed by atoms with E-state index >= 15 is 0 Å². The number of rotatable bonds is 6. The van der Waals surface area contributed by atoms with Crippen molar-refractivity contribution in [2.24, 2.45) is 0 Å². The number of amides is 1. The highest BCUT2D eigenvalue weighted by atomic mass is 35.5. The highest BCUT2D eigenvalue weighted by Crippen LogP contribution is 2.21. The Morgan fingerprint density at radius 2 is 1.82 bits per heavy atom. The lowest BCUT2D eigenvalue weighted by Crippen LogP contribution is -2.26. The van der Waals surface area contributed by atoms with Gasteiger partial charge < -0.3 is 5.32 Å². The summed E-state index contributed by atoms with van der Waals surface area (Å²) in [7, 11) is 0. The van der Waals surface area contributed by atoms with E-state index in [-0.39, 0.29) is 5.91 Å². The monoisotopic (exact) mass is 373 g/mol. The molecule has 1 N–H and O–H groups in total. The molecule has 0 heterocycles. The molecular formula is C16H14Cl3NOS. The van der Waals surface area contributed by atoms with Crippen LogP contribution in [0.5, 0.6) is 0 Å². The predicted molar refractivity (Wildman–Crippen MR) is 96.4 cm³/mol. The van der Waals surface area contributed by atoms with Crippen molar-refractivity contribution in [1.82, 2.24) is 5.32 Å². The fraction of sp³-hybridized carbons (Fsp3) is 0.188. The smallest absolute Gasteiger partial charge is 0.252 e. The van der Waals surface area contributed by atoms with Gasteiger partial charge in [-0.25, -0.2) is 0 Å². The van der Waals surface area contributed by atoms with E-state index in [9.17, 15) is 4.79 Å². The molecule has 0 aromatic heterocycles. The van der Waals surface area contributed by atoms with Crippen molar-refractivity contribution in [2.75, 3.05) is 12.3 Å². The van der Waals surface area contributed by atoms with Crippen LogP contribution in [0.1, 0.15) is 15.9 Å². The summed E-state index contributed by atoms with van der Waals surface area (Å²) < 4.78 is 0. The van der Waals surface area contributed by atoms with E-state index in [1.54, 1.807) is 30.0 Å². The van der Waals surface area contributed by atoms with Crippen molar-refractivity contribution in [3.63, 3.8) is 0 Å². The zero-order valence-electron chi connectivity index (χ0n) is 11.6. The van der Waals surface area contributed by atoms with Gasteiger partial charge in [0.1, 0.15) is 0 Å². The molecule has 0 aliphatic rings. The quantitative estimate of drug-likeness (QED) is 0.694. The molecular weight excluding hydrogens is 361 g/mol. The van der Waals surface area contributed by atoms with Crippen LogP contribution in [-0.2, 0) is 5.75 Å². The van der Waals surface area contributed by atoms with Crippen LogP contribution in [0.3, 0.4) is 0 Å². The van der Waals surface area contributed by atoms with E-state index in [1.165, 1.54) is 0 Å². The molecule has 0 unspecified atom stereocenters. The second-order valence-electron chi connectivity index (χ2n) is 4.52. The third-order valence-electron chi connectivity index (χ3n) is 2.92.